The molecular weight excluding hydrogens is 420 g/mol. The summed E-state index contributed by atoms with van der Waals surface area (Å²) in [5.74, 6) is 0.650. The van der Waals surface area contributed by atoms with Crippen LogP contribution in [-0.2, 0) is 9.59 Å². The number of carbonyl (C=O) groups excluding carboxylic acids is 2. The number of nitrogens with one attached hydrogen (secondary N) is 2. The average molecular weight is 453 g/mol. The molecule has 0 radical (unpaired) electrons. The zero-order valence-electron chi connectivity index (χ0n) is 19.8. The number of hydrogen-bond donors (Lipinski definition) is 2. The largest absolute Gasteiger partial charge is 0.355 e. The maximum atomic E-state index is 12.6. The van der Waals surface area contributed by atoms with Crippen LogP contribution in [0.4, 0.5) is 5.82 Å². The molecule has 2 aliphatic heterocycles. The molecular formula is C23H32N8O2. The maximum Gasteiger partial charge on any atom is 0.246 e. The Kier molecular flexibility index (Phi) is 6.01. The number of piperidine rings is 1. The summed E-state index contributed by atoms with van der Waals surface area (Å²) in [7, 11) is 0. The Morgan fingerprint density at radius 1 is 1.30 bits per heavy atom. The number of likely N-dealkylation sites (tertiary alicyclic amines) is 1. The zero-order valence-corrected chi connectivity index (χ0v) is 19.8. The molecule has 1 unspecified atom stereocenters. The molecule has 0 aromatic carbocycles. The minimum atomic E-state index is -0.792. The van der Waals surface area contributed by atoms with Crippen LogP contribution in [-0.4, -0.2) is 75.6 Å². The lowest BCUT2D eigenvalue weighted by Gasteiger charge is -2.45. The highest BCUT2D eigenvalue weighted by Gasteiger charge is 2.47. The van der Waals surface area contributed by atoms with Gasteiger partial charge in [0.1, 0.15) is 29.2 Å². The molecule has 2 aromatic heterocycles. The van der Waals surface area contributed by atoms with Crippen molar-refractivity contribution < 1.29 is 9.59 Å². The number of piperazine rings is 1. The van der Waals surface area contributed by atoms with Crippen LogP contribution in [0.25, 0.3) is 5.65 Å². The highest BCUT2D eigenvalue weighted by atomic mass is 16.2. The predicted octanol–water partition coefficient (Wildman–Crippen LogP) is 0.923. The summed E-state index contributed by atoms with van der Waals surface area (Å²) >= 11 is 0. The number of aromatic nitrogens is 3. The zero-order chi connectivity index (χ0) is 23.8. The summed E-state index contributed by atoms with van der Waals surface area (Å²) in [6, 6.07) is 5.26. The van der Waals surface area contributed by atoms with Gasteiger partial charge in [0.2, 0.25) is 11.8 Å². The SMILES string of the molecule is CC1NC(=O)C2(CCN(CCN(CC(C)(C)C)c3cc(C#N)nc4ccnn34)CC2)NC1=O. The minimum Gasteiger partial charge on any atom is -0.355 e. The second kappa shape index (κ2) is 8.63. The fourth-order valence-corrected chi connectivity index (χ4v) is 4.60. The van der Waals surface area contributed by atoms with Crippen LogP contribution in [0.5, 0.6) is 0 Å². The van der Waals surface area contributed by atoms with Gasteiger partial charge >= 0.3 is 0 Å². The van der Waals surface area contributed by atoms with Gasteiger partial charge in [-0.25, -0.2) is 4.98 Å². The van der Waals surface area contributed by atoms with Crippen molar-refractivity contribution in [2.45, 2.75) is 52.1 Å². The van der Waals surface area contributed by atoms with Gasteiger partial charge in [-0.15, -0.1) is 0 Å². The predicted molar refractivity (Wildman–Crippen MR) is 124 cm³/mol. The molecule has 2 N–H and O–H groups in total. The Bertz CT molecular complexity index is 1090. The van der Waals surface area contributed by atoms with Crippen LogP contribution in [0.2, 0.25) is 0 Å². The lowest BCUT2D eigenvalue weighted by Crippen LogP contribution is -2.71. The summed E-state index contributed by atoms with van der Waals surface area (Å²) < 4.78 is 1.78. The van der Waals surface area contributed by atoms with E-state index in [0.717, 1.165) is 38.5 Å². The van der Waals surface area contributed by atoms with Gasteiger partial charge in [0, 0.05) is 44.9 Å². The molecule has 10 heteroatoms. The Labute approximate surface area is 193 Å². The summed E-state index contributed by atoms with van der Waals surface area (Å²) in [5, 5.41) is 19.6. The fourth-order valence-electron chi connectivity index (χ4n) is 4.60. The van der Waals surface area contributed by atoms with Crippen LogP contribution in [0.15, 0.2) is 18.3 Å². The van der Waals surface area contributed by atoms with Crippen molar-refractivity contribution in [3.8, 4) is 6.07 Å². The molecule has 4 heterocycles. The van der Waals surface area contributed by atoms with Crippen molar-refractivity contribution in [3.05, 3.63) is 24.0 Å². The topological polar surface area (TPSA) is 119 Å². The highest BCUT2D eigenvalue weighted by molar-refractivity contribution is 5.99. The molecule has 2 aliphatic rings. The quantitative estimate of drug-likeness (QED) is 0.692. The molecule has 2 aromatic rings. The third kappa shape index (κ3) is 4.78. The van der Waals surface area contributed by atoms with Crippen LogP contribution < -0.4 is 15.5 Å². The van der Waals surface area contributed by atoms with E-state index in [1.54, 1.807) is 29.8 Å². The van der Waals surface area contributed by atoms with Crippen molar-refractivity contribution >= 4 is 23.3 Å². The van der Waals surface area contributed by atoms with Crippen LogP contribution >= 0.6 is 0 Å². The first-order chi connectivity index (χ1) is 15.6. The lowest BCUT2D eigenvalue weighted by atomic mass is 9.84. The number of nitrogens with zero attached hydrogens (tertiary/aromatic N) is 6. The molecule has 1 atom stereocenters. The molecule has 0 bridgehead atoms. The second-order valence-electron chi connectivity index (χ2n) is 10.3. The van der Waals surface area contributed by atoms with Gasteiger partial charge < -0.3 is 20.4 Å². The third-order valence-corrected chi connectivity index (χ3v) is 6.38. The normalized spacial score (nSPS) is 21.0. The smallest absolute Gasteiger partial charge is 0.246 e. The Morgan fingerprint density at radius 3 is 2.70 bits per heavy atom. The standard InChI is InChI=1S/C23H32N8O2/c1-16-20(32)28-23(21(33)26-16)6-9-29(10-7-23)11-12-30(15-22(2,3)4)19-13-17(14-24)27-18-5-8-25-31(18)19/h5,8,13,16H,6-7,9-12,15H2,1-4H3,(H,26,33)(H,28,32). The van der Waals surface area contributed by atoms with E-state index < -0.39 is 11.6 Å². The van der Waals surface area contributed by atoms with E-state index in [1.807, 2.05) is 0 Å². The summed E-state index contributed by atoms with van der Waals surface area (Å²) in [5.41, 5.74) is 0.253. The van der Waals surface area contributed by atoms with Crippen molar-refractivity contribution in [2.24, 2.45) is 5.41 Å². The maximum absolute atomic E-state index is 12.6. The highest BCUT2D eigenvalue weighted by Crippen LogP contribution is 2.27. The monoisotopic (exact) mass is 452 g/mol. The molecule has 4 rings (SSSR count). The Balaban J connectivity index is 1.47. The number of carbonyl (C=O) groups is 2. The molecule has 0 saturated carbocycles. The molecule has 176 valence electrons. The van der Waals surface area contributed by atoms with E-state index >= 15 is 0 Å². The van der Waals surface area contributed by atoms with Gasteiger partial charge in [0.25, 0.3) is 0 Å². The Morgan fingerprint density at radius 2 is 2.03 bits per heavy atom. The molecule has 2 saturated heterocycles. The molecule has 33 heavy (non-hydrogen) atoms. The summed E-state index contributed by atoms with van der Waals surface area (Å²) in [6.45, 7) is 12.0. The van der Waals surface area contributed by atoms with Gasteiger partial charge in [-0.05, 0) is 25.2 Å². The number of nitriles is 1. The van der Waals surface area contributed by atoms with E-state index in [4.69, 9.17) is 0 Å². The molecule has 10 nitrogen and oxygen atoms in total. The fraction of sp³-hybridized carbons (Fsp3) is 0.609. The second-order valence-corrected chi connectivity index (χ2v) is 10.3. The molecule has 0 aliphatic carbocycles. The van der Waals surface area contributed by atoms with Crippen LogP contribution in [0, 0.1) is 16.7 Å². The van der Waals surface area contributed by atoms with Crippen LogP contribution in [0.1, 0.15) is 46.2 Å². The minimum absolute atomic E-state index is 0.0304. The number of fused-ring (bicyclic) bond motifs is 1. The number of rotatable bonds is 5. The van der Waals surface area contributed by atoms with E-state index in [-0.39, 0.29) is 17.2 Å². The van der Waals surface area contributed by atoms with Crippen LogP contribution in [0.3, 0.4) is 0 Å². The lowest BCUT2D eigenvalue weighted by molar-refractivity contribution is -0.143. The van der Waals surface area contributed by atoms with Crippen molar-refractivity contribution in [2.75, 3.05) is 37.6 Å². The Hall–Kier alpha value is -3.19. The van der Waals surface area contributed by atoms with E-state index in [2.05, 4.69) is 57.4 Å². The molecule has 2 amide bonds. The molecule has 1 spiro atoms. The number of hydrogen-bond acceptors (Lipinski definition) is 7. The van der Waals surface area contributed by atoms with E-state index in [1.165, 1.54) is 0 Å². The summed E-state index contributed by atoms with van der Waals surface area (Å²) in [4.78, 5) is 33.7. The van der Waals surface area contributed by atoms with Crippen molar-refractivity contribution in [1.29, 1.82) is 5.26 Å². The van der Waals surface area contributed by atoms with E-state index in [9.17, 15) is 14.9 Å². The van der Waals surface area contributed by atoms with Crippen molar-refractivity contribution in [3.63, 3.8) is 0 Å². The third-order valence-electron chi connectivity index (χ3n) is 6.38. The first-order valence-corrected chi connectivity index (χ1v) is 11.5. The van der Waals surface area contributed by atoms with Gasteiger partial charge in [0.05, 0.1) is 6.20 Å². The number of amides is 2. The average Bonchev–Trinajstić information content (AvgIpc) is 3.24. The van der Waals surface area contributed by atoms with Gasteiger partial charge in [-0.2, -0.15) is 14.9 Å². The number of anilines is 1. The summed E-state index contributed by atoms with van der Waals surface area (Å²) in [6.07, 6.45) is 2.87. The first kappa shape index (κ1) is 23.0. The van der Waals surface area contributed by atoms with Gasteiger partial charge in [0.15, 0.2) is 5.65 Å². The van der Waals surface area contributed by atoms with E-state index in [0.29, 0.717) is 24.2 Å². The van der Waals surface area contributed by atoms with Gasteiger partial charge in [-0.1, -0.05) is 20.8 Å². The first-order valence-electron chi connectivity index (χ1n) is 11.5. The molecule has 2 fully saturated rings. The van der Waals surface area contributed by atoms with Gasteiger partial charge in [-0.3, -0.25) is 9.59 Å². The van der Waals surface area contributed by atoms with Crippen molar-refractivity contribution in [1.82, 2.24) is 30.1 Å².